The van der Waals surface area contributed by atoms with E-state index in [1.165, 1.54) is 0 Å². The molecule has 0 spiro atoms. The molecule has 0 radical (unpaired) electrons. The minimum atomic E-state index is -2.19. The van der Waals surface area contributed by atoms with Crippen LogP contribution in [0.3, 0.4) is 0 Å². The van der Waals surface area contributed by atoms with Crippen LogP contribution in [0.5, 0.6) is 11.5 Å². The van der Waals surface area contributed by atoms with Crippen molar-refractivity contribution in [3.8, 4) is 28.4 Å². The molecule has 3 rings (SSSR count). The van der Waals surface area contributed by atoms with Gasteiger partial charge in [-0.05, 0) is 60.5 Å². The molecule has 188 valence electrons. The highest BCUT2D eigenvalue weighted by Gasteiger charge is 2.41. The quantitative estimate of drug-likeness (QED) is 0.239. The zero-order valence-corrected chi connectivity index (χ0v) is 24.9. The van der Waals surface area contributed by atoms with E-state index < -0.39 is 16.6 Å². The lowest BCUT2D eigenvalue weighted by Gasteiger charge is -2.38. The molecule has 35 heavy (non-hydrogen) atoms. The summed E-state index contributed by atoms with van der Waals surface area (Å²) in [5.74, 6) is 1.32. The Kier molecular flexibility index (Phi) is 7.26. The fraction of sp³-hybridized carbons (Fsp3) is 0.429. The van der Waals surface area contributed by atoms with Crippen LogP contribution in [0, 0.1) is 0 Å². The molecule has 0 aliphatic heterocycles. The van der Waals surface area contributed by atoms with Crippen LogP contribution in [-0.4, -0.2) is 32.7 Å². The van der Waals surface area contributed by atoms with Crippen LogP contribution < -0.4 is 8.85 Å². The monoisotopic (exact) mass is 508 g/mol. The van der Waals surface area contributed by atoms with Gasteiger partial charge in [-0.15, -0.1) is 0 Å². The van der Waals surface area contributed by atoms with Crippen molar-refractivity contribution in [2.45, 2.75) is 77.8 Å². The smallest absolute Gasteiger partial charge is 0.250 e. The second kappa shape index (κ2) is 9.43. The van der Waals surface area contributed by atoms with Gasteiger partial charge in [0, 0.05) is 11.6 Å². The third-order valence-corrected chi connectivity index (χ3v) is 16.2. The molecule has 0 saturated carbocycles. The average molecular weight is 509 g/mol. The third kappa shape index (κ3) is 5.62. The normalized spacial score (nSPS) is 13.0. The maximum atomic E-state index is 12.3. The lowest BCUT2D eigenvalue weighted by atomic mass is 10.1. The van der Waals surface area contributed by atoms with E-state index in [1.807, 2.05) is 53.2 Å². The molecule has 2 aromatic carbocycles. The molecular formula is C28H40N2O3Si2. The highest BCUT2D eigenvalue weighted by atomic mass is 28.4. The Bertz CT molecular complexity index is 1190. The molecule has 0 bridgehead atoms. The van der Waals surface area contributed by atoms with Crippen molar-refractivity contribution in [2.75, 3.05) is 0 Å². The lowest BCUT2D eigenvalue weighted by Crippen LogP contribution is -2.44. The Labute approximate surface area is 212 Å². The lowest BCUT2D eigenvalue weighted by molar-refractivity contribution is 0.112. The Balaban J connectivity index is 2.24. The summed E-state index contributed by atoms with van der Waals surface area (Å²) >= 11 is 0. The summed E-state index contributed by atoms with van der Waals surface area (Å²) in [7, 11) is -4.37. The van der Waals surface area contributed by atoms with E-state index in [4.69, 9.17) is 8.85 Å². The van der Waals surface area contributed by atoms with E-state index in [0.29, 0.717) is 11.3 Å². The molecule has 0 amide bonds. The van der Waals surface area contributed by atoms with Crippen LogP contribution in [0.2, 0.25) is 36.3 Å². The Morgan fingerprint density at radius 1 is 0.800 bits per heavy atom. The minimum Gasteiger partial charge on any atom is -0.543 e. The van der Waals surface area contributed by atoms with Crippen molar-refractivity contribution in [3.05, 3.63) is 60.3 Å². The van der Waals surface area contributed by atoms with E-state index in [1.54, 1.807) is 6.20 Å². The molecule has 7 heteroatoms. The first kappa shape index (κ1) is 26.9. The van der Waals surface area contributed by atoms with E-state index in [-0.39, 0.29) is 10.1 Å². The molecule has 5 nitrogen and oxygen atoms in total. The summed E-state index contributed by atoms with van der Waals surface area (Å²) in [6, 6.07) is 15.8. The van der Waals surface area contributed by atoms with Crippen molar-refractivity contribution in [1.82, 2.24) is 9.78 Å². The third-order valence-electron chi connectivity index (χ3n) is 7.50. The number of para-hydroxylation sites is 1. The summed E-state index contributed by atoms with van der Waals surface area (Å²) in [5.41, 5.74) is 3.17. The van der Waals surface area contributed by atoms with E-state index in [9.17, 15) is 4.79 Å². The summed E-state index contributed by atoms with van der Waals surface area (Å²) in [4.78, 5) is 12.3. The van der Waals surface area contributed by atoms with Gasteiger partial charge in [0.2, 0.25) is 0 Å². The number of hydrogen-bond donors (Lipinski definition) is 0. The molecule has 0 atom stereocenters. The number of carbonyl (C=O) groups excluding carboxylic acids is 1. The summed E-state index contributed by atoms with van der Waals surface area (Å²) in [6.07, 6.45) is 2.66. The molecule has 1 aromatic heterocycles. The maximum absolute atomic E-state index is 12.3. The molecular weight excluding hydrogens is 468 g/mol. The van der Waals surface area contributed by atoms with Crippen molar-refractivity contribution in [1.29, 1.82) is 0 Å². The maximum Gasteiger partial charge on any atom is 0.250 e. The molecule has 3 aromatic rings. The fourth-order valence-electron chi connectivity index (χ4n) is 3.18. The fourth-order valence-corrected chi connectivity index (χ4v) is 5.24. The van der Waals surface area contributed by atoms with E-state index in [0.717, 1.165) is 29.0 Å². The minimum absolute atomic E-state index is 0.00178. The number of hydrogen-bond acceptors (Lipinski definition) is 4. The average Bonchev–Trinajstić information content (AvgIpc) is 3.22. The zero-order chi connectivity index (χ0) is 26.2. The highest BCUT2D eigenvalue weighted by molar-refractivity contribution is 6.75. The van der Waals surface area contributed by atoms with Gasteiger partial charge in [-0.1, -0.05) is 59.7 Å². The topological polar surface area (TPSA) is 53.4 Å². The van der Waals surface area contributed by atoms with Crippen LogP contribution in [0.1, 0.15) is 51.9 Å². The van der Waals surface area contributed by atoms with Crippen LogP contribution in [0.15, 0.2) is 54.7 Å². The van der Waals surface area contributed by atoms with Gasteiger partial charge in [-0.3, -0.25) is 4.79 Å². The first-order valence-corrected chi connectivity index (χ1v) is 18.0. The Morgan fingerprint density at radius 3 is 1.86 bits per heavy atom. The number of rotatable bonds is 7. The number of aldehydes is 1. The van der Waals surface area contributed by atoms with Gasteiger partial charge >= 0.3 is 0 Å². The van der Waals surface area contributed by atoms with Gasteiger partial charge in [0.25, 0.3) is 16.6 Å². The molecule has 0 N–H and O–H groups in total. The summed E-state index contributed by atoms with van der Waals surface area (Å²) in [5, 5.41) is 4.58. The number of aromatic nitrogens is 2. The predicted octanol–water partition coefficient (Wildman–Crippen LogP) is 8.12. The van der Waals surface area contributed by atoms with Gasteiger partial charge in [0.15, 0.2) is 6.29 Å². The van der Waals surface area contributed by atoms with Crippen molar-refractivity contribution >= 4 is 22.9 Å². The molecule has 0 aliphatic carbocycles. The van der Waals surface area contributed by atoms with Crippen molar-refractivity contribution in [2.24, 2.45) is 0 Å². The highest BCUT2D eigenvalue weighted by Crippen LogP contribution is 2.45. The number of carbonyl (C=O) groups is 1. The molecule has 0 unspecified atom stereocenters. The second-order valence-electron chi connectivity index (χ2n) is 12.2. The van der Waals surface area contributed by atoms with Gasteiger partial charge in [0.05, 0.1) is 23.1 Å². The number of nitrogens with zero attached hydrogens (tertiary/aromatic N) is 2. The largest absolute Gasteiger partial charge is 0.543 e. The molecule has 1 heterocycles. The molecule has 0 saturated heterocycles. The van der Waals surface area contributed by atoms with Crippen molar-refractivity contribution in [3.63, 3.8) is 0 Å². The predicted molar refractivity (Wildman–Crippen MR) is 150 cm³/mol. The number of benzene rings is 2. The van der Waals surface area contributed by atoms with Crippen LogP contribution in [0.4, 0.5) is 0 Å². The van der Waals surface area contributed by atoms with Gasteiger partial charge in [-0.2, -0.15) is 5.10 Å². The van der Waals surface area contributed by atoms with Crippen LogP contribution in [-0.2, 0) is 0 Å². The molecule has 0 fully saturated rings. The zero-order valence-electron chi connectivity index (χ0n) is 22.9. The first-order valence-electron chi connectivity index (χ1n) is 12.2. The summed E-state index contributed by atoms with van der Waals surface area (Å²) < 4.78 is 15.4. The van der Waals surface area contributed by atoms with E-state index in [2.05, 4.69) is 72.8 Å². The van der Waals surface area contributed by atoms with Gasteiger partial charge < -0.3 is 8.85 Å². The first-order chi connectivity index (χ1) is 16.1. The Hall–Kier alpha value is -2.65. The van der Waals surface area contributed by atoms with Gasteiger partial charge in [-0.25, -0.2) is 4.68 Å². The Morgan fingerprint density at radius 2 is 1.34 bits per heavy atom. The standard InChI is InChI=1S/C28H40N2O3Si2/c1-27(2,3)34(7,8)32-25-19-26(33-35(9,10)28(4,5)6)23(18-21(25)20-31)24-16-17-29-30(24)22-14-12-11-13-15-22/h11-20H,1-10H3. The van der Waals surface area contributed by atoms with Crippen LogP contribution >= 0.6 is 0 Å². The SMILES string of the molecule is CC(C)(C)[Si](C)(C)Oc1cc(O[Si](C)(C)C(C)(C)C)c(-c2ccnn2-c2ccccc2)cc1C=O. The van der Waals surface area contributed by atoms with Gasteiger partial charge in [0.1, 0.15) is 11.5 Å². The van der Waals surface area contributed by atoms with E-state index >= 15 is 0 Å². The van der Waals surface area contributed by atoms with Crippen molar-refractivity contribution < 1.29 is 13.6 Å². The second-order valence-corrected chi connectivity index (χ2v) is 21.6. The molecule has 0 aliphatic rings. The van der Waals surface area contributed by atoms with Crippen LogP contribution in [0.25, 0.3) is 16.9 Å². The summed E-state index contributed by atoms with van der Waals surface area (Å²) in [6.45, 7) is 22.1.